The van der Waals surface area contributed by atoms with Crippen LogP contribution in [0.3, 0.4) is 0 Å². The highest BCUT2D eigenvalue weighted by Crippen LogP contribution is 2.30. The van der Waals surface area contributed by atoms with Crippen molar-refractivity contribution in [3.05, 3.63) is 67.5 Å². The zero-order valence-electron chi connectivity index (χ0n) is 12.8. The van der Waals surface area contributed by atoms with Gasteiger partial charge in [0.1, 0.15) is 11.1 Å². The molecule has 0 amide bonds. The van der Waals surface area contributed by atoms with Crippen molar-refractivity contribution in [3.8, 4) is 6.07 Å². The summed E-state index contributed by atoms with van der Waals surface area (Å²) < 4.78 is 25.5. The minimum atomic E-state index is -4.01. The monoisotopic (exact) mass is 432 g/mol. The summed E-state index contributed by atoms with van der Waals surface area (Å²) in [6.07, 6.45) is 1.66. The van der Waals surface area contributed by atoms with Crippen molar-refractivity contribution < 1.29 is 8.42 Å². The molecule has 0 atom stereocenters. The lowest BCUT2D eigenvalue weighted by molar-refractivity contribution is 0.603. The highest BCUT2D eigenvalue weighted by molar-refractivity contribution is 8.04. The van der Waals surface area contributed by atoms with Crippen LogP contribution in [0.15, 0.2) is 57.3 Å². The lowest BCUT2D eigenvalue weighted by Gasteiger charge is -2.12. The van der Waals surface area contributed by atoms with Crippen molar-refractivity contribution in [3.63, 3.8) is 0 Å². The number of halogens is 3. The number of nitrogens with zero attached hydrogens (tertiary/aromatic N) is 1. The Balaban J connectivity index is 2.53. The fourth-order valence-corrected chi connectivity index (χ4v) is 4.75. The first kappa shape index (κ1) is 20.0. The van der Waals surface area contributed by atoms with Gasteiger partial charge in [0.15, 0.2) is 4.91 Å². The molecule has 0 aromatic heterocycles. The Morgan fingerprint density at radius 2 is 1.60 bits per heavy atom. The first-order valence-electron chi connectivity index (χ1n) is 6.70. The molecule has 0 radical (unpaired) electrons. The van der Waals surface area contributed by atoms with Gasteiger partial charge in [0.05, 0.1) is 4.90 Å². The molecular formula is C16H11Cl3N2O2S2. The topological polar surface area (TPSA) is 70.0 Å². The van der Waals surface area contributed by atoms with Gasteiger partial charge in [0.2, 0.25) is 9.84 Å². The second-order valence-electron chi connectivity index (χ2n) is 4.71. The van der Waals surface area contributed by atoms with Crippen LogP contribution < -0.4 is 5.32 Å². The fourth-order valence-electron chi connectivity index (χ4n) is 1.92. The zero-order chi connectivity index (χ0) is 18.6. The summed E-state index contributed by atoms with van der Waals surface area (Å²) in [4.78, 5) is -0.427. The van der Waals surface area contributed by atoms with Gasteiger partial charge in [-0.15, -0.1) is 11.8 Å². The first-order valence-corrected chi connectivity index (χ1v) is 10.5. The van der Waals surface area contributed by atoms with Crippen molar-refractivity contribution in [2.24, 2.45) is 0 Å². The number of thioether (sulfide) groups is 1. The Morgan fingerprint density at radius 3 is 2.08 bits per heavy atom. The molecule has 0 fully saturated rings. The standard InChI is InChI=1S/C16H11Cl3N2O2S2/c1-24-16(21-13-7-11(18)6-12(19)8-13)15(9-20)25(22,23)14-4-2-10(17)3-5-14/h2-8,21H,1H3. The number of anilines is 1. The molecule has 0 unspecified atom stereocenters. The number of nitrogens with one attached hydrogen (secondary N) is 1. The molecule has 0 saturated carbocycles. The molecule has 9 heteroatoms. The number of rotatable bonds is 5. The first-order chi connectivity index (χ1) is 11.8. The molecule has 0 heterocycles. The summed E-state index contributed by atoms with van der Waals surface area (Å²) in [5.41, 5.74) is 0.473. The second kappa shape index (κ2) is 8.35. The summed E-state index contributed by atoms with van der Waals surface area (Å²) in [5, 5.41) is 13.7. The largest absolute Gasteiger partial charge is 0.348 e. The van der Waals surface area contributed by atoms with E-state index in [1.54, 1.807) is 30.5 Å². The molecule has 25 heavy (non-hydrogen) atoms. The van der Waals surface area contributed by atoms with Gasteiger partial charge in [-0.05, 0) is 48.7 Å². The van der Waals surface area contributed by atoms with E-state index in [1.165, 1.54) is 24.3 Å². The predicted octanol–water partition coefficient (Wildman–Crippen LogP) is 5.59. The maximum Gasteiger partial charge on any atom is 0.219 e. The molecule has 0 spiro atoms. The molecule has 0 saturated heterocycles. The number of hydrogen-bond acceptors (Lipinski definition) is 5. The van der Waals surface area contributed by atoms with E-state index in [-0.39, 0.29) is 9.92 Å². The Kier molecular flexibility index (Phi) is 6.66. The van der Waals surface area contributed by atoms with E-state index in [9.17, 15) is 13.7 Å². The molecule has 2 rings (SSSR count). The van der Waals surface area contributed by atoms with Crippen molar-refractivity contribution in [2.45, 2.75) is 4.90 Å². The van der Waals surface area contributed by atoms with Gasteiger partial charge >= 0.3 is 0 Å². The van der Waals surface area contributed by atoms with Gasteiger partial charge < -0.3 is 5.32 Å². The zero-order valence-corrected chi connectivity index (χ0v) is 16.7. The quantitative estimate of drug-likeness (QED) is 0.622. The third-order valence-corrected chi connectivity index (χ3v) is 6.28. The Morgan fingerprint density at radius 1 is 1.04 bits per heavy atom. The lowest BCUT2D eigenvalue weighted by atomic mass is 10.3. The third kappa shape index (κ3) is 4.84. The number of allylic oxidation sites excluding steroid dienone is 1. The summed E-state index contributed by atoms with van der Waals surface area (Å²) in [6, 6.07) is 12.1. The summed E-state index contributed by atoms with van der Waals surface area (Å²) in [6.45, 7) is 0. The van der Waals surface area contributed by atoms with E-state index in [0.29, 0.717) is 20.8 Å². The van der Waals surface area contributed by atoms with Gasteiger partial charge in [-0.3, -0.25) is 0 Å². The average Bonchev–Trinajstić information content (AvgIpc) is 2.53. The molecule has 0 aliphatic rings. The van der Waals surface area contributed by atoms with Gasteiger partial charge in [-0.25, -0.2) is 8.42 Å². The van der Waals surface area contributed by atoms with Crippen molar-refractivity contribution >= 4 is 62.1 Å². The van der Waals surface area contributed by atoms with Gasteiger partial charge in [0.25, 0.3) is 0 Å². The molecule has 0 aliphatic carbocycles. The van der Waals surface area contributed by atoms with Crippen molar-refractivity contribution in [1.82, 2.24) is 0 Å². The number of nitriles is 1. The second-order valence-corrected chi connectivity index (χ2v) is 8.73. The fraction of sp³-hybridized carbons (Fsp3) is 0.0625. The summed E-state index contributed by atoms with van der Waals surface area (Å²) in [5.74, 6) is 0. The van der Waals surface area contributed by atoms with Crippen LogP contribution in [-0.2, 0) is 9.84 Å². The highest BCUT2D eigenvalue weighted by atomic mass is 35.5. The van der Waals surface area contributed by atoms with Crippen LogP contribution in [0.1, 0.15) is 0 Å². The number of sulfone groups is 1. The molecule has 2 aromatic rings. The number of hydrogen-bond donors (Lipinski definition) is 1. The third-order valence-electron chi connectivity index (χ3n) is 3.02. The minimum Gasteiger partial charge on any atom is -0.348 e. The van der Waals surface area contributed by atoms with Gasteiger partial charge in [-0.1, -0.05) is 34.8 Å². The molecule has 2 aromatic carbocycles. The van der Waals surface area contributed by atoms with Gasteiger partial charge in [0, 0.05) is 20.8 Å². The lowest BCUT2D eigenvalue weighted by Crippen LogP contribution is -2.10. The van der Waals surface area contributed by atoms with Crippen molar-refractivity contribution in [1.29, 1.82) is 5.26 Å². The van der Waals surface area contributed by atoms with Crippen LogP contribution in [0.2, 0.25) is 15.1 Å². The van der Waals surface area contributed by atoms with Crippen LogP contribution in [0, 0.1) is 11.3 Å². The van der Waals surface area contributed by atoms with E-state index in [4.69, 9.17) is 34.8 Å². The Labute approximate surface area is 165 Å². The molecule has 0 aliphatic heterocycles. The normalized spacial score (nSPS) is 12.3. The molecule has 1 N–H and O–H groups in total. The van der Waals surface area contributed by atoms with E-state index in [1.807, 2.05) is 0 Å². The number of benzene rings is 2. The van der Waals surface area contributed by atoms with Crippen LogP contribution in [-0.4, -0.2) is 14.7 Å². The molecule has 4 nitrogen and oxygen atoms in total. The van der Waals surface area contributed by atoms with Crippen molar-refractivity contribution in [2.75, 3.05) is 11.6 Å². The van der Waals surface area contributed by atoms with Crippen LogP contribution in [0.5, 0.6) is 0 Å². The van der Waals surface area contributed by atoms with Crippen LogP contribution in [0.4, 0.5) is 5.69 Å². The van der Waals surface area contributed by atoms with E-state index < -0.39 is 14.7 Å². The Hall–Kier alpha value is -1.36. The Bertz CT molecular complexity index is 946. The smallest absolute Gasteiger partial charge is 0.219 e. The van der Waals surface area contributed by atoms with Crippen LogP contribution >= 0.6 is 46.6 Å². The van der Waals surface area contributed by atoms with E-state index in [2.05, 4.69) is 5.32 Å². The molecular weight excluding hydrogens is 423 g/mol. The SMILES string of the molecule is CSC(Nc1cc(Cl)cc(Cl)c1)=C(C#N)S(=O)(=O)c1ccc(Cl)cc1. The summed E-state index contributed by atoms with van der Waals surface area (Å²) in [7, 11) is -4.01. The summed E-state index contributed by atoms with van der Waals surface area (Å²) >= 11 is 18.8. The highest BCUT2D eigenvalue weighted by Gasteiger charge is 2.25. The molecule has 130 valence electrons. The van der Waals surface area contributed by atoms with Crippen LogP contribution in [0.25, 0.3) is 0 Å². The minimum absolute atomic E-state index is 0.0223. The molecule has 0 bridgehead atoms. The van der Waals surface area contributed by atoms with Gasteiger partial charge in [-0.2, -0.15) is 5.26 Å². The maximum absolute atomic E-state index is 12.8. The maximum atomic E-state index is 12.8. The predicted molar refractivity (Wildman–Crippen MR) is 105 cm³/mol. The van der Waals surface area contributed by atoms with E-state index in [0.717, 1.165) is 11.8 Å². The average molecular weight is 434 g/mol. The van der Waals surface area contributed by atoms with E-state index >= 15 is 0 Å².